The van der Waals surface area contributed by atoms with Gasteiger partial charge in [0, 0.05) is 25.0 Å². The van der Waals surface area contributed by atoms with Crippen LogP contribution in [0, 0.1) is 5.92 Å². The van der Waals surface area contributed by atoms with Crippen LogP contribution in [-0.2, 0) is 20.8 Å². The van der Waals surface area contributed by atoms with Gasteiger partial charge < -0.3 is 14.4 Å². The number of carbonyl (C=O) groups excluding carboxylic acids is 1. The highest BCUT2D eigenvalue weighted by Gasteiger charge is 2.40. The normalized spacial score (nSPS) is 27.1. The van der Waals surface area contributed by atoms with Gasteiger partial charge in [-0.05, 0) is 18.9 Å². The molecule has 2 aromatic rings. The van der Waals surface area contributed by atoms with E-state index in [4.69, 9.17) is 9.47 Å². The standard InChI is InChI=1S/C19H25N3O3/c1-24-18-8-4-6-15(18)17-13-25-10-9-21(17)19(23)12-22-16-7-3-2-5-14(16)11-20-22/h2-3,5,7,11,15,17-18H,4,6,8-10,12-13H2,1H3. The molecular weight excluding hydrogens is 318 g/mol. The summed E-state index contributed by atoms with van der Waals surface area (Å²) < 4.78 is 13.2. The fourth-order valence-electron chi connectivity index (χ4n) is 4.35. The lowest BCUT2D eigenvalue weighted by atomic mass is 9.94. The molecular formula is C19H25N3O3. The van der Waals surface area contributed by atoms with Crippen LogP contribution in [0.1, 0.15) is 19.3 Å². The molecule has 0 bridgehead atoms. The van der Waals surface area contributed by atoms with Crippen LogP contribution in [0.25, 0.3) is 10.9 Å². The first-order valence-electron chi connectivity index (χ1n) is 9.08. The van der Waals surface area contributed by atoms with Crippen molar-refractivity contribution in [3.63, 3.8) is 0 Å². The van der Waals surface area contributed by atoms with Crippen molar-refractivity contribution in [2.75, 3.05) is 26.9 Å². The van der Waals surface area contributed by atoms with Crippen molar-refractivity contribution in [2.45, 2.75) is 38.0 Å². The monoisotopic (exact) mass is 343 g/mol. The molecule has 1 aromatic carbocycles. The lowest BCUT2D eigenvalue weighted by molar-refractivity contribution is -0.145. The highest BCUT2D eigenvalue weighted by molar-refractivity contribution is 5.82. The molecule has 2 aliphatic rings. The number of nitrogens with zero attached hydrogens (tertiary/aromatic N) is 3. The third-order valence-corrected chi connectivity index (χ3v) is 5.62. The van der Waals surface area contributed by atoms with Gasteiger partial charge in [0.1, 0.15) is 6.54 Å². The molecule has 1 amide bonds. The molecule has 0 spiro atoms. The summed E-state index contributed by atoms with van der Waals surface area (Å²) in [6, 6.07) is 8.09. The van der Waals surface area contributed by atoms with Crippen molar-refractivity contribution in [1.82, 2.24) is 14.7 Å². The van der Waals surface area contributed by atoms with Gasteiger partial charge >= 0.3 is 0 Å². The van der Waals surface area contributed by atoms with Gasteiger partial charge in [-0.25, -0.2) is 0 Å². The molecule has 1 saturated carbocycles. The van der Waals surface area contributed by atoms with Crippen molar-refractivity contribution >= 4 is 16.8 Å². The number of hydrogen-bond donors (Lipinski definition) is 0. The molecule has 1 aliphatic carbocycles. The number of carbonyl (C=O) groups is 1. The third kappa shape index (κ3) is 3.16. The number of methoxy groups -OCH3 is 1. The highest BCUT2D eigenvalue weighted by atomic mass is 16.5. The second-order valence-corrected chi connectivity index (χ2v) is 6.96. The smallest absolute Gasteiger partial charge is 0.244 e. The van der Waals surface area contributed by atoms with Crippen LogP contribution in [0.15, 0.2) is 30.5 Å². The van der Waals surface area contributed by atoms with Gasteiger partial charge in [-0.1, -0.05) is 24.6 Å². The largest absolute Gasteiger partial charge is 0.381 e. The predicted molar refractivity (Wildman–Crippen MR) is 94.2 cm³/mol. The van der Waals surface area contributed by atoms with Crippen LogP contribution in [0.5, 0.6) is 0 Å². The number of amides is 1. The number of para-hydroxylation sites is 1. The maximum absolute atomic E-state index is 13.0. The second-order valence-electron chi connectivity index (χ2n) is 6.96. The number of hydrogen-bond acceptors (Lipinski definition) is 4. The number of fused-ring (bicyclic) bond motifs is 1. The topological polar surface area (TPSA) is 56.6 Å². The van der Waals surface area contributed by atoms with Gasteiger partial charge in [-0.15, -0.1) is 0 Å². The highest BCUT2D eigenvalue weighted by Crippen LogP contribution is 2.34. The summed E-state index contributed by atoms with van der Waals surface area (Å²) in [5.74, 6) is 0.479. The Morgan fingerprint density at radius 2 is 2.24 bits per heavy atom. The van der Waals surface area contributed by atoms with Crippen LogP contribution >= 0.6 is 0 Å². The molecule has 3 atom stereocenters. The zero-order chi connectivity index (χ0) is 17.2. The van der Waals surface area contributed by atoms with Gasteiger partial charge in [-0.3, -0.25) is 9.48 Å². The fraction of sp³-hybridized carbons (Fsp3) is 0.579. The lowest BCUT2D eigenvalue weighted by Gasteiger charge is -2.40. The molecule has 4 rings (SSSR count). The summed E-state index contributed by atoms with van der Waals surface area (Å²) in [7, 11) is 1.77. The van der Waals surface area contributed by atoms with E-state index in [1.54, 1.807) is 11.8 Å². The van der Waals surface area contributed by atoms with Crippen molar-refractivity contribution in [1.29, 1.82) is 0 Å². The van der Waals surface area contributed by atoms with Crippen LogP contribution in [0.3, 0.4) is 0 Å². The number of morpholine rings is 1. The molecule has 1 saturated heterocycles. The summed E-state index contributed by atoms with van der Waals surface area (Å²) in [4.78, 5) is 15.0. The maximum atomic E-state index is 13.0. The Bertz CT molecular complexity index is 744. The molecule has 6 heteroatoms. The minimum absolute atomic E-state index is 0.107. The van der Waals surface area contributed by atoms with Crippen LogP contribution in [0.4, 0.5) is 0 Å². The van der Waals surface area contributed by atoms with Crippen molar-refractivity contribution < 1.29 is 14.3 Å². The van der Waals surface area contributed by atoms with Gasteiger partial charge in [-0.2, -0.15) is 5.10 Å². The first-order chi connectivity index (χ1) is 12.3. The number of aromatic nitrogens is 2. The van der Waals surface area contributed by atoms with E-state index < -0.39 is 0 Å². The van der Waals surface area contributed by atoms with Crippen LogP contribution in [-0.4, -0.2) is 59.6 Å². The Morgan fingerprint density at radius 3 is 3.12 bits per heavy atom. The van der Waals surface area contributed by atoms with Crippen molar-refractivity contribution in [3.8, 4) is 0 Å². The van der Waals surface area contributed by atoms with E-state index in [0.29, 0.717) is 25.7 Å². The van der Waals surface area contributed by atoms with Gasteiger partial charge in [0.25, 0.3) is 0 Å². The first-order valence-corrected chi connectivity index (χ1v) is 9.08. The minimum atomic E-state index is 0.107. The molecule has 6 nitrogen and oxygen atoms in total. The van der Waals surface area contributed by atoms with Gasteiger partial charge in [0.05, 0.1) is 37.1 Å². The molecule has 1 aliphatic heterocycles. The average Bonchev–Trinajstić information content (AvgIpc) is 3.29. The van der Waals surface area contributed by atoms with Crippen LogP contribution in [0.2, 0.25) is 0 Å². The molecule has 25 heavy (non-hydrogen) atoms. The molecule has 2 fully saturated rings. The van der Waals surface area contributed by atoms with Gasteiger partial charge in [0.2, 0.25) is 5.91 Å². The maximum Gasteiger partial charge on any atom is 0.244 e. The van der Waals surface area contributed by atoms with Crippen molar-refractivity contribution in [2.24, 2.45) is 5.92 Å². The molecule has 3 unspecified atom stereocenters. The number of ether oxygens (including phenoxy) is 2. The Balaban J connectivity index is 1.53. The third-order valence-electron chi connectivity index (χ3n) is 5.62. The molecule has 1 aromatic heterocycles. The van der Waals surface area contributed by atoms with Gasteiger partial charge in [0.15, 0.2) is 0 Å². The quantitative estimate of drug-likeness (QED) is 0.853. The molecule has 2 heterocycles. The predicted octanol–water partition coefficient (Wildman–Crippen LogP) is 2.08. The van der Waals surface area contributed by atoms with E-state index in [1.165, 1.54) is 0 Å². The average molecular weight is 343 g/mol. The van der Waals surface area contributed by atoms with Crippen LogP contribution < -0.4 is 0 Å². The Hall–Kier alpha value is -1.92. The van der Waals surface area contributed by atoms with E-state index in [-0.39, 0.29) is 24.6 Å². The molecule has 134 valence electrons. The summed E-state index contributed by atoms with van der Waals surface area (Å²) in [6.45, 7) is 2.13. The zero-order valence-corrected chi connectivity index (χ0v) is 14.6. The van der Waals surface area contributed by atoms with E-state index >= 15 is 0 Å². The van der Waals surface area contributed by atoms with Crippen molar-refractivity contribution in [3.05, 3.63) is 30.5 Å². The summed E-state index contributed by atoms with van der Waals surface area (Å²) in [5, 5.41) is 5.46. The summed E-state index contributed by atoms with van der Waals surface area (Å²) in [5.41, 5.74) is 0.997. The molecule has 0 N–H and O–H groups in total. The van der Waals surface area contributed by atoms with E-state index in [1.807, 2.05) is 35.4 Å². The Kier molecular flexibility index (Phi) is 4.72. The first kappa shape index (κ1) is 16.5. The number of rotatable bonds is 4. The SMILES string of the molecule is COC1CCCC1C1COCCN1C(=O)Cn1ncc2ccccc21. The lowest BCUT2D eigenvalue weighted by Crippen LogP contribution is -2.54. The Morgan fingerprint density at radius 1 is 1.36 bits per heavy atom. The second kappa shape index (κ2) is 7.14. The number of benzene rings is 1. The summed E-state index contributed by atoms with van der Waals surface area (Å²) in [6.07, 6.45) is 5.38. The van der Waals surface area contributed by atoms with E-state index in [2.05, 4.69) is 5.10 Å². The molecule has 0 radical (unpaired) electrons. The summed E-state index contributed by atoms with van der Waals surface area (Å²) >= 11 is 0. The minimum Gasteiger partial charge on any atom is -0.381 e. The Labute approximate surface area is 147 Å². The zero-order valence-electron chi connectivity index (χ0n) is 14.6. The van der Waals surface area contributed by atoms with E-state index in [0.717, 1.165) is 30.2 Å². The van der Waals surface area contributed by atoms with E-state index in [9.17, 15) is 4.79 Å². The fourth-order valence-corrected chi connectivity index (χ4v) is 4.35.